The zero-order valence-corrected chi connectivity index (χ0v) is 17.6. The predicted octanol–water partition coefficient (Wildman–Crippen LogP) is 2.91. The number of rotatable bonds is 8. The van der Waals surface area contributed by atoms with Gasteiger partial charge >= 0.3 is 5.97 Å². The summed E-state index contributed by atoms with van der Waals surface area (Å²) in [6.07, 6.45) is 7.75. The van der Waals surface area contributed by atoms with E-state index < -0.39 is 21.9 Å². The summed E-state index contributed by atoms with van der Waals surface area (Å²) in [6, 6.07) is 6.86. The molecule has 1 fully saturated rings. The normalized spacial score (nSPS) is 23.5. The van der Waals surface area contributed by atoms with Gasteiger partial charge in [0.2, 0.25) is 0 Å². The predicted molar refractivity (Wildman–Crippen MR) is 109 cm³/mol. The minimum absolute atomic E-state index is 0.0698. The van der Waals surface area contributed by atoms with Crippen LogP contribution in [0.25, 0.3) is 0 Å². The van der Waals surface area contributed by atoms with E-state index in [1.54, 1.807) is 24.3 Å². The van der Waals surface area contributed by atoms with Crippen molar-refractivity contribution < 1.29 is 24.0 Å². The highest BCUT2D eigenvalue weighted by molar-refractivity contribution is 8.32. The summed E-state index contributed by atoms with van der Waals surface area (Å²) in [4.78, 5) is 25.6. The van der Waals surface area contributed by atoms with Crippen LogP contribution in [-0.2, 0) is 9.53 Å². The third kappa shape index (κ3) is 5.45. The van der Waals surface area contributed by atoms with Crippen LogP contribution in [0.1, 0.15) is 23.2 Å². The Bertz CT molecular complexity index is 626. The Morgan fingerprint density at radius 2 is 1.85 bits per heavy atom. The molecule has 5 nitrogen and oxygen atoms in total. The smallest absolute Gasteiger partial charge is 0.310 e. The van der Waals surface area contributed by atoms with Gasteiger partial charge in [-0.1, -0.05) is 0 Å². The number of ether oxygens (including phenoxy) is 1. The molecule has 1 saturated carbocycles. The van der Waals surface area contributed by atoms with Crippen LogP contribution in [0, 0.1) is 17.8 Å². The van der Waals surface area contributed by atoms with Gasteiger partial charge in [-0.05, 0) is 61.8 Å². The van der Waals surface area contributed by atoms with E-state index in [1.165, 1.54) is 0 Å². The summed E-state index contributed by atoms with van der Waals surface area (Å²) in [5.74, 6) is -0.165. The van der Waals surface area contributed by atoms with Crippen LogP contribution in [0.5, 0.6) is 5.75 Å². The third-order valence-corrected chi connectivity index (χ3v) is 6.51. The molecular formula is C19H29O5PS. The minimum atomic E-state index is -0.749. The molecule has 4 atom stereocenters. The summed E-state index contributed by atoms with van der Waals surface area (Å²) >= 11 is 0. The van der Waals surface area contributed by atoms with E-state index in [9.17, 15) is 14.7 Å². The van der Waals surface area contributed by atoms with Crippen LogP contribution in [0.4, 0.5) is 0 Å². The SMILES string of the molecule is CS(C)(C)CCOC(=O)C1C(CO)CCC1C(=O)c1ccc(OP)cc1. The number of hydrogen-bond acceptors (Lipinski definition) is 5. The van der Waals surface area contributed by atoms with Crippen molar-refractivity contribution in [3.8, 4) is 5.75 Å². The fourth-order valence-corrected chi connectivity index (χ4v) is 4.08. The first kappa shape index (κ1) is 21.2. The van der Waals surface area contributed by atoms with Gasteiger partial charge in [0.15, 0.2) is 5.78 Å². The van der Waals surface area contributed by atoms with Gasteiger partial charge in [-0.2, -0.15) is 0 Å². The van der Waals surface area contributed by atoms with Gasteiger partial charge < -0.3 is 14.4 Å². The highest BCUT2D eigenvalue weighted by Crippen LogP contribution is 2.40. The van der Waals surface area contributed by atoms with Crippen molar-refractivity contribution in [1.29, 1.82) is 0 Å². The molecular weight excluding hydrogens is 371 g/mol. The van der Waals surface area contributed by atoms with Gasteiger partial charge in [-0.25, -0.2) is 10.0 Å². The summed E-state index contributed by atoms with van der Waals surface area (Å²) in [5.41, 5.74) is 0.552. The monoisotopic (exact) mass is 400 g/mol. The van der Waals surface area contributed by atoms with Crippen LogP contribution < -0.4 is 4.52 Å². The second kappa shape index (κ2) is 9.20. The first-order chi connectivity index (χ1) is 12.3. The second-order valence-corrected chi connectivity index (χ2v) is 12.4. The Labute approximate surface area is 159 Å². The average Bonchev–Trinajstić information content (AvgIpc) is 3.04. The van der Waals surface area contributed by atoms with Crippen LogP contribution in [-0.4, -0.2) is 54.6 Å². The molecule has 0 spiro atoms. The van der Waals surface area contributed by atoms with E-state index in [4.69, 9.17) is 9.26 Å². The van der Waals surface area contributed by atoms with Crippen molar-refractivity contribution in [2.75, 3.05) is 37.7 Å². The minimum Gasteiger partial charge on any atom is -0.480 e. The number of esters is 1. The van der Waals surface area contributed by atoms with Crippen molar-refractivity contribution in [3.63, 3.8) is 0 Å². The Balaban J connectivity index is 2.10. The van der Waals surface area contributed by atoms with E-state index in [-0.39, 0.29) is 24.3 Å². The molecule has 26 heavy (non-hydrogen) atoms. The van der Waals surface area contributed by atoms with E-state index in [1.807, 2.05) is 0 Å². The van der Waals surface area contributed by atoms with Gasteiger partial charge in [0, 0.05) is 23.8 Å². The van der Waals surface area contributed by atoms with Gasteiger partial charge in [0.05, 0.1) is 22.0 Å². The third-order valence-electron chi connectivity index (χ3n) is 4.85. The van der Waals surface area contributed by atoms with Crippen molar-refractivity contribution >= 4 is 31.2 Å². The van der Waals surface area contributed by atoms with E-state index in [2.05, 4.69) is 28.2 Å². The van der Waals surface area contributed by atoms with Crippen LogP contribution in [0.3, 0.4) is 0 Å². The van der Waals surface area contributed by atoms with Gasteiger partial charge in [-0.15, -0.1) is 0 Å². The summed E-state index contributed by atoms with van der Waals surface area (Å²) in [5, 5.41) is 9.64. The largest absolute Gasteiger partial charge is 0.480 e. The average molecular weight is 400 g/mol. The molecule has 0 bridgehead atoms. The Morgan fingerprint density at radius 3 is 2.38 bits per heavy atom. The fraction of sp³-hybridized carbons (Fsp3) is 0.579. The van der Waals surface area contributed by atoms with Gasteiger partial charge in [-0.3, -0.25) is 9.59 Å². The molecule has 0 aliphatic heterocycles. The lowest BCUT2D eigenvalue weighted by Gasteiger charge is -2.26. The number of carbonyl (C=O) groups is 2. The molecule has 4 unspecified atom stereocenters. The number of ketones is 1. The first-order valence-corrected chi connectivity index (χ1v) is 12.2. The summed E-state index contributed by atoms with van der Waals surface area (Å²) < 4.78 is 10.5. The molecule has 0 aromatic heterocycles. The molecule has 1 aromatic rings. The maximum Gasteiger partial charge on any atom is 0.310 e. The molecule has 0 saturated heterocycles. The van der Waals surface area contributed by atoms with Crippen molar-refractivity contribution in [2.24, 2.45) is 17.8 Å². The van der Waals surface area contributed by atoms with Gasteiger partial charge in [0.25, 0.3) is 0 Å². The highest BCUT2D eigenvalue weighted by atomic mass is 32.3. The highest BCUT2D eigenvalue weighted by Gasteiger charge is 2.45. The number of aliphatic hydroxyl groups excluding tert-OH is 1. The van der Waals surface area contributed by atoms with E-state index >= 15 is 0 Å². The standard InChI is InChI=1S/C19H29O5PS/c1-26(2,3)11-10-23-19(22)17-14(12-20)6-9-16(17)18(21)13-4-7-15(24-25)8-5-13/h4-5,7-8,14,16-17,20H,6,9-12,25H2,1-3H3. The molecule has 0 amide bonds. The molecule has 1 aromatic carbocycles. The Hall–Kier alpha value is -1.10. The molecule has 0 heterocycles. The number of benzene rings is 1. The van der Waals surface area contributed by atoms with Gasteiger partial charge in [0.1, 0.15) is 5.75 Å². The lowest BCUT2D eigenvalue weighted by Crippen LogP contribution is -2.33. The van der Waals surface area contributed by atoms with Crippen LogP contribution in [0.15, 0.2) is 24.3 Å². The van der Waals surface area contributed by atoms with Crippen LogP contribution >= 0.6 is 19.5 Å². The number of Topliss-reactive ketones (excluding diaryl/α,β-unsaturated/α-hetero) is 1. The number of hydrogen-bond donors (Lipinski definition) is 1. The summed E-state index contributed by atoms with van der Waals surface area (Å²) in [6.45, 7) is 0.265. The molecule has 7 heteroatoms. The van der Waals surface area contributed by atoms with Crippen molar-refractivity contribution in [2.45, 2.75) is 12.8 Å². The quantitative estimate of drug-likeness (QED) is 0.413. The second-order valence-electron chi connectivity index (χ2n) is 7.62. The molecule has 1 N–H and O–H groups in total. The topological polar surface area (TPSA) is 72.8 Å². The lowest BCUT2D eigenvalue weighted by molar-refractivity contribution is -0.150. The first-order valence-electron chi connectivity index (χ1n) is 8.71. The molecule has 1 aliphatic rings. The van der Waals surface area contributed by atoms with Crippen LogP contribution in [0.2, 0.25) is 0 Å². The molecule has 146 valence electrons. The zero-order valence-electron chi connectivity index (χ0n) is 15.6. The van der Waals surface area contributed by atoms with Crippen molar-refractivity contribution in [3.05, 3.63) is 29.8 Å². The lowest BCUT2D eigenvalue weighted by atomic mass is 9.84. The molecule has 2 rings (SSSR count). The van der Waals surface area contributed by atoms with E-state index in [0.717, 1.165) is 5.75 Å². The maximum atomic E-state index is 12.9. The Kier molecular flexibility index (Phi) is 7.51. The zero-order chi connectivity index (χ0) is 19.3. The Morgan fingerprint density at radius 1 is 1.19 bits per heavy atom. The summed E-state index contributed by atoms with van der Waals surface area (Å²) in [7, 11) is 1.41. The fourth-order valence-electron chi connectivity index (χ4n) is 3.34. The number of aliphatic hydroxyl groups is 1. The molecule has 1 aliphatic carbocycles. The maximum absolute atomic E-state index is 12.9. The number of carbonyl (C=O) groups excluding carboxylic acids is 2. The molecule has 0 radical (unpaired) electrons. The van der Waals surface area contributed by atoms with E-state index in [0.29, 0.717) is 30.8 Å². The van der Waals surface area contributed by atoms with Crippen molar-refractivity contribution in [1.82, 2.24) is 0 Å².